The highest BCUT2D eigenvalue weighted by atomic mass is 16.2. The van der Waals surface area contributed by atoms with Gasteiger partial charge in [-0.25, -0.2) is 9.97 Å². The summed E-state index contributed by atoms with van der Waals surface area (Å²) in [5.74, 6) is 0.763. The van der Waals surface area contributed by atoms with E-state index in [1.54, 1.807) is 0 Å². The van der Waals surface area contributed by atoms with Gasteiger partial charge >= 0.3 is 0 Å². The molecular weight excluding hydrogens is 312 g/mol. The molecule has 5 nitrogen and oxygen atoms in total. The first kappa shape index (κ1) is 15.6. The summed E-state index contributed by atoms with van der Waals surface area (Å²) < 4.78 is 0. The minimum atomic E-state index is 0.0616. The van der Waals surface area contributed by atoms with Crippen LogP contribution in [0, 0.1) is 6.92 Å². The third-order valence-corrected chi connectivity index (χ3v) is 4.61. The normalized spacial score (nSPS) is 13.6. The number of benzene rings is 2. The first-order valence-electron chi connectivity index (χ1n) is 8.56. The molecule has 0 fully saturated rings. The van der Waals surface area contributed by atoms with Crippen LogP contribution in [-0.4, -0.2) is 29.0 Å². The maximum atomic E-state index is 12.8. The monoisotopic (exact) mass is 332 g/mol. The number of nitrogens with one attached hydrogen (secondary N) is 1. The summed E-state index contributed by atoms with van der Waals surface area (Å²) >= 11 is 0. The van der Waals surface area contributed by atoms with Crippen molar-refractivity contribution in [1.82, 2.24) is 9.97 Å². The van der Waals surface area contributed by atoms with Crippen molar-refractivity contribution in [1.29, 1.82) is 0 Å². The molecule has 0 unspecified atom stereocenters. The second kappa shape index (κ2) is 6.51. The van der Waals surface area contributed by atoms with E-state index in [1.807, 2.05) is 48.2 Å². The van der Waals surface area contributed by atoms with Gasteiger partial charge in [-0.15, -0.1) is 0 Å². The Labute approximate surface area is 146 Å². The number of carbonyl (C=O) groups is 1. The van der Waals surface area contributed by atoms with E-state index < -0.39 is 0 Å². The van der Waals surface area contributed by atoms with Gasteiger partial charge in [0.2, 0.25) is 5.91 Å². The number of hydrogen-bond acceptors (Lipinski definition) is 4. The summed E-state index contributed by atoms with van der Waals surface area (Å²) in [6, 6.07) is 14.2. The summed E-state index contributed by atoms with van der Waals surface area (Å²) in [4.78, 5) is 23.2. The molecule has 2 aromatic carbocycles. The molecule has 0 bridgehead atoms. The van der Waals surface area contributed by atoms with Crippen molar-refractivity contribution in [2.75, 3.05) is 23.3 Å². The first-order chi connectivity index (χ1) is 12.2. The van der Waals surface area contributed by atoms with Crippen LogP contribution in [0.3, 0.4) is 0 Å². The van der Waals surface area contributed by atoms with E-state index in [1.165, 1.54) is 11.9 Å². The number of amides is 1. The van der Waals surface area contributed by atoms with Crippen molar-refractivity contribution in [3.05, 3.63) is 59.9 Å². The predicted octanol–water partition coefficient (Wildman–Crippen LogP) is 3.33. The highest BCUT2D eigenvalue weighted by Crippen LogP contribution is 2.27. The number of nitrogens with zero attached hydrogens (tertiary/aromatic N) is 3. The van der Waals surface area contributed by atoms with E-state index >= 15 is 0 Å². The van der Waals surface area contributed by atoms with Gasteiger partial charge in [-0.2, -0.15) is 0 Å². The minimum Gasteiger partial charge on any atom is -0.360 e. The molecular formula is C20H20N4O. The fourth-order valence-corrected chi connectivity index (χ4v) is 3.36. The maximum absolute atomic E-state index is 12.8. The van der Waals surface area contributed by atoms with Gasteiger partial charge < -0.3 is 10.2 Å². The molecule has 5 heteroatoms. The zero-order valence-corrected chi connectivity index (χ0v) is 14.2. The van der Waals surface area contributed by atoms with E-state index in [4.69, 9.17) is 0 Å². The molecule has 0 atom stereocenters. The van der Waals surface area contributed by atoms with Crippen molar-refractivity contribution in [3.63, 3.8) is 0 Å². The molecule has 0 spiro atoms. The molecule has 1 aliphatic rings. The van der Waals surface area contributed by atoms with Crippen molar-refractivity contribution in [3.8, 4) is 0 Å². The highest BCUT2D eigenvalue weighted by Gasteiger charge is 2.22. The fourth-order valence-electron chi connectivity index (χ4n) is 3.36. The van der Waals surface area contributed by atoms with Crippen LogP contribution in [0.4, 0.5) is 11.5 Å². The van der Waals surface area contributed by atoms with Crippen LogP contribution in [0.15, 0.2) is 48.8 Å². The third kappa shape index (κ3) is 3.05. The summed E-state index contributed by atoms with van der Waals surface area (Å²) in [5, 5.41) is 4.14. The van der Waals surface area contributed by atoms with Gasteiger partial charge in [0, 0.05) is 17.6 Å². The van der Waals surface area contributed by atoms with Gasteiger partial charge in [0.05, 0.1) is 12.1 Å². The Morgan fingerprint density at radius 1 is 1.20 bits per heavy atom. The highest BCUT2D eigenvalue weighted by molar-refractivity contribution is 5.98. The lowest BCUT2D eigenvalue weighted by molar-refractivity contribution is -0.117. The summed E-state index contributed by atoms with van der Waals surface area (Å²) in [7, 11) is 0. The van der Waals surface area contributed by atoms with E-state index in [2.05, 4.69) is 21.4 Å². The lowest BCUT2D eigenvalue weighted by atomic mass is 10.0. The number of aryl methyl sites for hydroxylation is 2. The predicted molar refractivity (Wildman–Crippen MR) is 99.9 cm³/mol. The second-order valence-corrected chi connectivity index (χ2v) is 6.37. The average Bonchev–Trinajstić information content (AvgIpc) is 2.65. The summed E-state index contributed by atoms with van der Waals surface area (Å²) in [5.41, 5.74) is 4.29. The third-order valence-electron chi connectivity index (χ3n) is 4.61. The van der Waals surface area contributed by atoms with Crippen molar-refractivity contribution < 1.29 is 4.79 Å². The topological polar surface area (TPSA) is 58.1 Å². The molecule has 25 heavy (non-hydrogen) atoms. The quantitative estimate of drug-likeness (QED) is 0.799. The number of aromatic nitrogens is 2. The van der Waals surface area contributed by atoms with Crippen LogP contribution in [-0.2, 0) is 11.2 Å². The maximum Gasteiger partial charge on any atom is 0.246 e. The number of hydrogen-bond donors (Lipinski definition) is 1. The molecule has 0 radical (unpaired) electrons. The lowest BCUT2D eigenvalue weighted by Gasteiger charge is -2.29. The Hall–Kier alpha value is -2.95. The summed E-state index contributed by atoms with van der Waals surface area (Å²) in [6.07, 6.45) is 3.56. The Bertz CT molecular complexity index is 938. The van der Waals surface area contributed by atoms with Gasteiger partial charge in [0.1, 0.15) is 12.1 Å². The average molecular weight is 332 g/mol. The zero-order chi connectivity index (χ0) is 17.2. The standard InChI is InChI=1S/C20H20N4O/c1-14-8-9-17-16(11-14)20(23-13-22-17)21-12-19(25)24-10-4-6-15-5-2-3-7-18(15)24/h2-3,5,7-9,11,13H,4,6,10,12H2,1H3,(H,21,22,23). The van der Waals surface area contributed by atoms with E-state index in [-0.39, 0.29) is 12.5 Å². The van der Waals surface area contributed by atoms with Gasteiger partial charge in [-0.05, 0) is 43.5 Å². The molecule has 4 rings (SSSR count). The van der Waals surface area contributed by atoms with Gasteiger partial charge in [-0.1, -0.05) is 29.8 Å². The van der Waals surface area contributed by atoms with Crippen LogP contribution < -0.4 is 10.2 Å². The van der Waals surface area contributed by atoms with E-state index in [0.717, 1.165) is 41.5 Å². The van der Waals surface area contributed by atoms with E-state index in [0.29, 0.717) is 5.82 Å². The Morgan fingerprint density at radius 2 is 2.08 bits per heavy atom. The minimum absolute atomic E-state index is 0.0616. The van der Waals surface area contributed by atoms with Crippen LogP contribution in [0.2, 0.25) is 0 Å². The lowest BCUT2D eigenvalue weighted by Crippen LogP contribution is -2.39. The molecule has 0 aliphatic carbocycles. The molecule has 2 heterocycles. The second-order valence-electron chi connectivity index (χ2n) is 6.37. The number of para-hydroxylation sites is 1. The summed E-state index contributed by atoms with van der Waals surface area (Å²) in [6.45, 7) is 3.02. The Balaban J connectivity index is 1.55. The molecule has 3 aromatic rings. The molecule has 1 aliphatic heterocycles. The van der Waals surface area contributed by atoms with Crippen LogP contribution >= 0.6 is 0 Å². The van der Waals surface area contributed by atoms with Gasteiger partial charge in [0.15, 0.2) is 0 Å². The zero-order valence-electron chi connectivity index (χ0n) is 14.2. The molecule has 1 amide bonds. The number of fused-ring (bicyclic) bond motifs is 2. The largest absolute Gasteiger partial charge is 0.360 e. The van der Waals surface area contributed by atoms with Crippen molar-refractivity contribution in [2.24, 2.45) is 0 Å². The SMILES string of the molecule is Cc1ccc2ncnc(NCC(=O)N3CCCc4ccccc43)c2c1. The van der Waals surface area contributed by atoms with Gasteiger partial charge in [-0.3, -0.25) is 4.79 Å². The number of anilines is 2. The van der Waals surface area contributed by atoms with E-state index in [9.17, 15) is 4.79 Å². The molecule has 126 valence electrons. The van der Waals surface area contributed by atoms with Crippen molar-refractivity contribution in [2.45, 2.75) is 19.8 Å². The molecule has 1 N–H and O–H groups in total. The fraction of sp³-hybridized carbons (Fsp3) is 0.250. The first-order valence-corrected chi connectivity index (χ1v) is 8.56. The van der Waals surface area contributed by atoms with Crippen LogP contribution in [0.5, 0.6) is 0 Å². The van der Waals surface area contributed by atoms with Crippen LogP contribution in [0.1, 0.15) is 17.5 Å². The molecule has 0 saturated heterocycles. The number of carbonyl (C=O) groups excluding carboxylic acids is 1. The molecule has 1 aromatic heterocycles. The van der Waals surface area contributed by atoms with Crippen molar-refractivity contribution >= 4 is 28.3 Å². The Morgan fingerprint density at radius 3 is 3.00 bits per heavy atom. The smallest absolute Gasteiger partial charge is 0.246 e. The molecule has 0 saturated carbocycles. The van der Waals surface area contributed by atoms with Gasteiger partial charge in [0.25, 0.3) is 0 Å². The number of rotatable bonds is 3. The Kier molecular flexibility index (Phi) is 4.06. The van der Waals surface area contributed by atoms with Crippen LogP contribution in [0.25, 0.3) is 10.9 Å².